The van der Waals surface area contributed by atoms with E-state index in [1.54, 1.807) is 0 Å². The molecule has 28 heavy (non-hydrogen) atoms. The zero-order chi connectivity index (χ0) is 19.8. The second-order valence-electron chi connectivity index (χ2n) is 7.05. The van der Waals surface area contributed by atoms with Gasteiger partial charge in [-0.1, -0.05) is 60.7 Å². The van der Waals surface area contributed by atoms with Crippen LogP contribution in [0, 0.1) is 0 Å². The van der Waals surface area contributed by atoms with Crippen LogP contribution in [-0.4, -0.2) is 40.7 Å². The van der Waals surface area contributed by atoms with Gasteiger partial charge in [-0.3, -0.25) is 19.4 Å². The maximum absolute atomic E-state index is 12.5. The van der Waals surface area contributed by atoms with Gasteiger partial charge >= 0.3 is 6.03 Å². The van der Waals surface area contributed by atoms with Gasteiger partial charge in [-0.2, -0.15) is 0 Å². The summed E-state index contributed by atoms with van der Waals surface area (Å²) in [6, 6.07) is 19.5. The molecule has 5 heteroatoms. The largest absolute Gasteiger partial charge is 0.333 e. The summed E-state index contributed by atoms with van der Waals surface area (Å²) in [4.78, 5) is 39.7. The maximum atomic E-state index is 12.5. The summed E-state index contributed by atoms with van der Waals surface area (Å²) < 4.78 is 0. The van der Waals surface area contributed by atoms with Gasteiger partial charge in [0, 0.05) is 25.9 Å². The molecule has 0 spiro atoms. The number of rotatable bonds is 8. The first-order valence-electron chi connectivity index (χ1n) is 9.87. The number of nitrogens with zero attached hydrogens (tertiary/aromatic N) is 2. The van der Waals surface area contributed by atoms with Crippen LogP contribution in [0.3, 0.4) is 0 Å². The molecule has 5 nitrogen and oxygen atoms in total. The van der Waals surface area contributed by atoms with E-state index in [-0.39, 0.29) is 11.8 Å². The van der Waals surface area contributed by atoms with Crippen LogP contribution in [0.25, 0.3) is 0 Å². The SMILES string of the molecule is O=C(CCCc1ccccc1)N1CCN(C(=O)CCCc2ccccc2)C1=O. The molecule has 0 radical (unpaired) electrons. The van der Waals surface area contributed by atoms with Gasteiger partial charge in [0.1, 0.15) is 0 Å². The van der Waals surface area contributed by atoms with E-state index in [0.717, 1.165) is 12.8 Å². The van der Waals surface area contributed by atoms with Crippen LogP contribution >= 0.6 is 0 Å². The third-order valence-electron chi connectivity index (χ3n) is 5.01. The van der Waals surface area contributed by atoms with E-state index in [4.69, 9.17) is 0 Å². The van der Waals surface area contributed by atoms with Crippen LogP contribution in [-0.2, 0) is 22.4 Å². The van der Waals surface area contributed by atoms with Crippen molar-refractivity contribution >= 4 is 17.8 Å². The van der Waals surface area contributed by atoms with Crippen LogP contribution in [0.5, 0.6) is 0 Å². The van der Waals surface area contributed by atoms with E-state index in [0.29, 0.717) is 38.8 Å². The molecule has 2 aromatic rings. The zero-order valence-electron chi connectivity index (χ0n) is 16.0. The van der Waals surface area contributed by atoms with Crippen molar-refractivity contribution in [3.63, 3.8) is 0 Å². The van der Waals surface area contributed by atoms with E-state index in [1.807, 2.05) is 60.7 Å². The van der Waals surface area contributed by atoms with Gasteiger partial charge < -0.3 is 0 Å². The van der Waals surface area contributed by atoms with E-state index in [2.05, 4.69) is 0 Å². The van der Waals surface area contributed by atoms with Crippen molar-refractivity contribution in [1.29, 1.82) is 0 Å². The van der Waals surface area contributed by atoms with Gasteiger partial charge in [0.25, 0.3) is 0 Å². The number of hydrogen-bond donors (Lipinski definition) is 0. The Labute approximate surface area is 166 Å². The number of benzene rings is 2. The Hall–Kier alpha value is -2.95. The maximum Gasteiger partial charge on any atom is 0.333 e. The van der Waals surface area contributed by atoms with Crippen molar-refractivity contribution in [2.24, 2.45) is 0 Å². The van der Waals surface area contributed by atoms with Gasteiger partial charge in [0.15, 0.2) is 0 Å². The fourth-order valence-corrected chi connectivity index (χ4v) is 3.45. The Morgan fingerprint density at radius 1 is 0.679 bits per heavy atom. The first kappa shape index (κ1) is 19.8. The number of carbonyl (C=O) groups excluding carboxylic acids is 3. The molecule has 3 rings (SSSR count). The summed E-state index contributed by atoms with van der Waals surface area (Å²) in [5, 5.41) is 0. The second kappa shape index (κ2) is 9.83. The first-order chi connectivity index (χ1) is 13.6. The van der Waals surface area contributed by atoms with E-state index in [9.17, 15) is 14.4 Å². The molecule has 1 heterocycles. The molecule has 1 aliphatic rings. The minimum Gasteiger partial charge on any atom is -0.274 e. The number of aryl methyl sites for hydroxylation is 2. The lowest BCUT2D eigenvalue weighted by Crippen LogP contribution is -2.39. The lowest BCUT2D eigenvalue weighted by Gasteiger charge is -2.16. The highest BCUT2D eigenvalue weighted by atomic mass is 16.2. The molecular formula is C23H26N2O3. The first-order valence-corrected chi connectivity index (χ1v) is 9.87. The molecule has 1 saturated heterocycles. The van der Waals surface area contributed by atoms with Gasteiger partial charge in [-0.15, -0.1) is 0 Å². The molecule has 0 unspecified atom stereocenters. The van der Waals surface area contributed by atoms with Gasteiger partial charge in [-0.05, 0) is 36.8 Å². The van der Waals surface area contributed by atoms with Crippen LogP contribution in [0.1, 0.15) is 36.8 Å². The average Bonchev–Trinajstić information content (AvgIpc) is 3.11. The van der Waals surface area contributed by atoms with Gasteiger partial charge in [0.2, 0.25) is 11.8 Å². The molecule has 1 fully saturated rings. The smallest absolute Gasteiger partial charge is 0.274 e. The summed E-state index contributed by atoms with van der Waals surface area (Å²) in [7, 11) is 0. The normalized spacial score (nSPS) is 13.8. The average molecular weight is 378 g/mol. The molecule has 0 aromatic heterocycles. The Morgan fingerprint density at radius 3 is 1.46 bits per heavy atom. The van der Waals surface area contributed by atoms with E-state index >= 15 is 0 Å². The molecule has 0 aliphatic carbocycles. The number of imide groups is 2. The number of carbonyl (C=O) groups is 3. The molecule has 0 saturated carbocycles. The minimum absolute atomic E-state index is 0.194. The molecule has 4 amide bonds. The molecule has 2 aromatic carbocycles. The predicted molar refractivity (Wildman–Crippen MR) is 108 cm³/mol. The Bertz CT molecular complexity index is 738. The van der Waals surface area contributed by atoms with Crippen LogP contribution in [0.4, 0.5) is 4.79 Å². The van der Waals surface area contributed by atoms with Gasteiger partial charge in [-0.25, -0.2) is 4.79 Å². The summed E-state index contributed by atoms with van der Waals surface area (Å²) in [5.74, 6) is -0.388. The second-order valence-corrected chi connectivity index (χ2v) is 7.05. The van der Waals surface area contributed by atoms with Crippen molar-refractivity contribution in [2.45, 2.75) is 38.5 Å². The Morgan fingerprint density at radius 2 is 1.07 bits per heavy atom. The quantitative estimate of drug-likeness (QED) is 0.702. The third kappa shape index (κ3) is 5.28. The highest BCUT2D eigenvalue weighted by Crippen LogP contribution is 2.15. The van der Waals surface area contributed by atoms with Crippen LogP contribution < -0.4 is 0 Å². The summed E-state index contributed by atoms with van der Waals surface area (Å²) >= 11 is 0. The Kier molecular flexibility index (Phi) is 6.95. The molecule has 0 N–H and O–H groups in total. The zero-order valence-corrected chi connectivity index (χ0v) is 16.0. The molecule has 1 aliphatic heterocycles. The fraction of sp³-hybridized carbons (Fsp3) is 0.348. The van der Waals surface area contributed by atoms with Crippen molar-refractivity contribution in [1.82, 2.24) is 9.80 Å². The highest BCUT2D eigenvalue weighted by molar-refractivity contribution is 6.03. The fourth-order valence-electron chi connectivity index (χ4n) is 3.45. The molecule has 0 bridgehead atoms. The van der Waals surface area contributed by atoms with E-state index in [1.165, 1.54) is 20.9 Å². The monoisotopic (exact) mass is 378 g/mol. The molecule has 146 valence electrons. The van der Waals surface area contributed by atoms with E-state index < -0.39 is 6.03 Å². The lowest BCUT2D eigenvalue weighted by molar-refractivity contribution is -0.128. The summed E-state index contributed by atoms with van der Waals surface area (Å²) in [6.45, 7) is 0.598. The Balaban J connectivity index is 1.41. The topological polar surface area (TPSA) is 57.7 Å². The number of hydrogen-bond acceptors (Lipinski definition) is 3. The van der Waals surface area contributed by atoms with Gasteiger partial charge in [0.05, 0.1) is 0 Å². The van der Waals surface area contributed by atoms with Crippen molar-refractivity contribution < 1.29 is 14.4 Å². The van der Waals surface area contributed by atoms with Crippen molar-refractivity contribution in [3.8, 4) is 0 Å². The number of urea groups is 1. The molecule has 0 atom stereocenters. The minimum atomic E-state index is -0.463. The third-order valence-corrected chi connectivity index (χ3v) is 5.01. The van der Waals surface area contributed by atoms with Crippen LogP contribution in [0.2, 0.25) is 0 Å². The summed E-state index contributed by atoms with van der Waals surface area (Å²) in [5.41, 5.74) is 2.36. The lowest BCUT2D eigenvalue weighted by atomic mass is 10.1. The molecular weight excluding hydrogens is 352 g/mol. The summed E-state index contributed by atoms with van der Waals surface area (Å²) in [6.07, 6.45) is 3.62. The highest BCUT2D eigenvalue weighted by Gasteiger charge is 2.35. The standard InChI is InChI=1S/C23H26N2O3/c26-21(15-7-13-19-9-3-1-4-10-19)24-17-18-25(23(24)28)22(27)16-8-14-20-11-5-2-6-12-20/h1-6,9-12H,7-8,13-18H2. The van der Waals surface area contributed by atoms with Crippen LogP contribution in [0.15, 0.2) is 60.7 Å². The number of amides is 4. The van der Waals surface area contributed by atoms with Crippen molar-refractivity contribution in [2.75, 3.05) is 13.1 Å². The van der Waals surface area contributed by atoms with Crippen molar-refractivity contribution in [3.05, 3.63) is 71.8 Å². The predicted octanol–water partition coefficient (Wildman–Crippen LogP) is 3.82.